The predicted octanol–water partition coefficient (Wildman–Crippen LogP) is 3.82. The summed E-state index contributed by atoms with van der Waals surface area (Å²) in [5.74, 6) is 0.418. The van der Waals surface area contributed by atoms with Crippen molar-refractivity contribution in [2.75, 3.05) is 12.3 Å². The van der Waals surface area contributed by atoms with Gasteiger partial charge in [0.2, 0.25) is 5.91 Å². The van der Waals surface area contributed by atoms with Gasteiger partial charge < -0.3 is 5.32 Å². The van der Waals surface area contributed by atoms with Crippen molar-refractivity contribution in [3.8, 4) is 0 Å². The summed E-state index contributed by atoms with van der Waals surface area (Å²) in [4.78, 5) is 29.7. The Bertz CT molecular complexity index is 1000. The first-order valence-corrected chi connectivity index (χ1v) is 10.5. The summed E-state index contributed by atoms with van der Waals surface area (Å²) in [5.41, 5.74) is 1.82. The molecule has 3 aromatic rings. The second-order valence-electron chi connectivity index (χ2n) is 6.77. The average molecular weight is 396 g/mol. The Labute approximate surface area is 169 Å². The molecule has 0 spiro atoms. The Kier molecular flexibility index (Phi) is 6.87. The molecule has 2 aromatic carbocycles. The molecule has 0 fully saturated rings. The monoisotopic (exact) mass is 395 g/mol. The summed E-state index contributed by atoms with van der Waals surface area (Å²) in [6.07, 6.45) is 0.828. The number of aromatic nitrogens is 2. The van der Waals surface area contributed by atoms with Crippen LogP contribution in [0.5, 0.6) is 0 Å². The molecule has 3 rings (SSSR count). The van der Waals surface area contributed by atoms with Gasteiger partial charge in [0.1, 0.15) is 0 Å². The first-order chi connectivity index (χ1) is 13.6. The molecule has 0 saturated heterocycles. The van der Waals surface area contributed by atoms with Crippen LogP contribution in [0, 0.1) is 0 Å². The molecule has 0 saturated carbocycles. The lowest BCUT2D eigenvalue weighted by molar-refractivity contribution is -0.118. The van der Waals surface area contributed by atoms with Crippen molar-refractivity contribution < 1.29 is 4.79 Å². The van der Waals surface area contributed by atoms with Crippen LogP contribution in [0.15, 0.2) is 64.5 Å². The van der Waals surface area contributed by atoms with Gasteiger partial charge in [-0.2, -0.15) is 0 Å². The lowest BCUT2D eigenvalue weighted by atomic mass is 10.0. The van der Waals surface area contributed by atoms with Gasteiger partial charge >= 0.3 is 0 Å². The molecule has 0 aliphatic heterocycles. The van der Waals surface area contributed by atoms with E-state index in [0.717, 1.165) is 6.42 Å². The van der Waals surface area contributed by atoms with Gasteiger partial charge in [0.15, 0.2) is 5.16 Å². The lowest BCUT2D eigenvalue weighted by Gasteiger charge is -2.14. The van der Waals surface area contributed by atoms with Crippen LogP contribution in [0.25, 0.3) is 10.9 Å². The average Bonchev–Trinajstić information content (AvgIpc) is 2.73. The molecule has 1 atom stereocenters. The molecule has 0 aliphatic rings. The highest BCUT2D eigenvalue weighted by molar-refractivity contribution is 7.99. The summed E-state index contributed by atoms with van der Waals surface area (Å²) >= 11 is 1.31. The van der Waals surface area contributed by atoms with Gasteiger partial charge in [0.05, 0.1) is 16.7 Å². The molecule has 0 aliphatic carbocycles. The number of carbonyl (C=O) groups is 1. The number of amides is 1. The minimum atomic E-state index is -0.0572. The van der Waals surface area contributed by atoms with E-state index >= 15 is 0 Å². The Morgan fingerprint density at radius 3 is 2.61 bits per heavy atom. The van der Waals surface area contributed by atoms with Gasteiger partial charge in [-0.25, -0.2) is 4.98 Å². The van der Waals surface area contributed by atoms with Gasteiger partial charge in [-0.3, -0.25) is 14.2 Å². The summed E-state index contributed by atoms with van der Waals surface area (Å²) in [5, 5.41) is 4.19. The van der Waals surface area contributed by atoms with Crippen molar-refractivity contribution in [3.63, 3.8) is 0 Å². The Morgan fingerprint density at radius 2 is 1.86 bits per heavy atom. The highest BCUT2D eigenvalue weighted by Gasteiger charge is 2.13. The fourth-order valence-electron chi connectivity index (χ4n) is 3.03. The number of hydrogen-bond acceptors (Lipinski definition) is 4. The maximum atomic E-state index is 12.8. The van der Waals surface area contributed by atoms with Crippen LogP contribution < -0.4 is 10.9 Å². The second kappa shape index (κ2) is 9.55. The fourth-order valence-corrected chi connectivity index (χ4v) is 3.88. The summed E-state index contributed by atoms with van der Waals surface area (Å²) in [6, 6.07) is 17.5. The zero-order valence-corrected chi connectivity index (χ0v) is 17.0. The number of para-hydroxylation sites is 1. The first-order valence-electron chi connectivity index (χ1n) is 9.54. The number of rotatable bonds is 8. The smallest absolute Gasteiger partial charge is 0.262 e. The van der Waals surface area contributed by atoms with E-state index in [-0.39, 0.29) is 23.1 Å². The second-order valence-corrected chi connectivity index (χ2v) is 7.72. The summed E-state index contributed by atoms with van der Waals surface area (Å²) in [7, 11) is 0. The third kappa shape index (κ3) is 4.81. The van der Waals surface area contributed by atoms with Crippen molar-refractivity contribution in [2.45, 2.75) is 37.9 Å². The van der Waals surface area contributed by atoms with Gasteiger partial charge in [0.25, 0.3) is 5.56 Å². The molecule has 5 nitrogen and oxygen atoms in total. The normalized spacial score (nSPS) is 12.1. The molecule has 28 heavy (non-hydrogen) atoms. The number of hydrogen-bond donors (Lipinski definition) is 1. The van der Waals surface area contributed by atoms with Crippen LogP contribution in [0.4, 0.5) is 0 Å². The molecule has 146 valence electrons. The number of nitrogens with zero attached hydrogens (tertiary/aromatic N) is 2. The van der Waals surface area contributed by atoms with E-state index < -0.39 is 0 Å². The van der Waals surface area contributed by atoms with Gasteiger partial charge in [-0.05, 0) is 30.0 Å². The standard InChI is InChI=1S/C22H25N3O2S/c1-3-13-25-21(27)18-11-7-8-12-19(18)24-22(25)28-15-20(26)23-14-16(2)17-9-5-4-6-10-17/h4-12,16H,3,13-15H2,1-2H3,(H,23,26). The van der Waals surface area contributed by atoms with Gasteiger partial charge in [-0.1, -0.05) is 68.1 Å². The minimum Gasteiger partial charge on any atom is -0.355 e. The minimum absolute atomic E-state index is 0.0481. The third-order valence-electron chi connectivity index (χ3n) is 4.58. The quantitative estimate of drug-likeness (QED) is 0.465. The molecule has 0 radical (unpaired) electrons. The van der Waals surface area contributed by atoms with Crippen LogP contribution in [0.1, 0.15) is 31.7 Å². The number of thioether (sulfide) groups is 1. The van der Waals surface area contributed by atoms with Gasteiger partial charge in [0, 0.05) is 13.1 Å². The third-order valence-corrected chi connectivity index (χ3v) is 5.56. The molecule has 1 amide bonds. The number of carbonyl (C=O) groups excluding carboxylic acids is 1. The molecule has 6 heteroatoms. The molecule has 1 heterocycles. The highest BCUT2D eigenvalue weighted by atomic mass is 32.2. The van der Waals surface area contributed by atoms with E-state index in [1.54, 1.807) is 10.6 Å². The van der Waals surface area contributed by atoms with Crippen LogP contribution in [0.2, 0.25) is 0 Å². The van der Waals surface area contributed by atoms with Crippen LogP contribution >= 0.6 is 11.8 Å². The van der Waals surface area contributed by atoms with Crippen molar-refractivity contribution in [2.24, 2.45) is 0 Å². The van der Waals surface area contributed by atoms with E-state index in [2.05, 4.69) is 29.4 Å². The highest BCUT2D eigenvalue weighted by Crippen LogP contribution is 2.18. The molecule has 1 aromatic heterocycles. The Hall–Kier alpha value is -2.60. The maximum Gasteiger partial charge on any atom is 0.262 e. The van der Waals surface area contributed by atoms with E-state index in [4.69, 9.17) is 0 Å². The van der Waals surface area contributed by atoms with Crippen LogP contribution in [-0.2, 0) is 11.3 Å². The van der Waals surface area contributed by atoms with Crippen molar-refractivity contribution >= 4 is 28.6 Å². The topological polar surface area (TPSA) is 64.0 Å². The fraction of sp³-hybridized carbons (Fsp3) is 0.318. The SMILES string of the molecule is CCCn1c(SCC(=O)NCC(C)c2ccccc2)nc2ccccc2c1=O. The number of fused-ring (bicyclic) bond motifs is 1. The first kappa shape index (κ1) is 20.1. The molecular weight excluding hydrogens is 370 g/mol. The molecule has 1 N–H and O–H groups in total. The molecular formula is C22H25N3O2S. The largest absolute Gasteiger partial charge is 0.355 e. The summed E-state index contributed by atoms with van der Waals surface area (Å²) in [6.45, 7) is 5.28. The zero-order chi connectivity index (χ0) is 19.9. The number of benzene rings is 2. The zero-order valence-electron chi connectivity index (χ0n) is 16.2. The number of nitrogens with one attached hydrogen (secondary N) is 1. The van der Waals surface area contributed by atoms with E-state index in [0.29, 0.717) is 29.1 Å². The van der Waals surface area contributed by atoms with E-state index in [1.807, 2.05) is 43.3 Å². The van der Waals surface area contributed by atoms with E-state index in [9.17, 15) is 9.59 Å². The van der Waals surface area contributed by atoms with Crippen molar-refractivity contribution in [3.05, 3.63) is 70.5 Å². The lowest BCUT2D eigenvalue weighted by Crippen LogP contribution is -2.29. The maximum absolute atomic E-state index is 12.8. The van der Waals surface area contributed by atoms with Crippen molar-refractivity contribution in [1.82, 2.24) is 14.9 Å². The van der Waals surface area contributed by atoms with Gasteiger partial charge in [-0.15, -0.1) is 0 Å². The Balaban J connectivity index is 1.66. The van der Waals surface area contributed by atoms with Crippen LogP contribution in [-0.4, -0.2) is 27.8 Å². The predicted molar refractivity (Wildman–Crippen MR) is 115 cm³/mol. The van der Waals surface area contributed by atoms with Crippen LogP contribution in [0.3, 0.4) is 0 Å². The molecule has 1 unspecified atom stereocenters. The summed E-state index contributed by atoms with van der Waals surface area (Å²) < 4.78 is 1.67. The van der Waals surface area contributed by atoms with E-state index in [1.165, 1.54) is 17.3 Å². The van der Waals surface area contributed by atoms with Crippen molar-refractivity contribution in [1.29, 1.82) is 0 Å². The molecule has 0 bridgehead atoms. The Morgan fingerprint density at radius 1 is 1.14 bits per heavy atom.